The van der Waals surface area contributed by atoms with E-state index in [1.807, 2.05) is 35.8 Å². The molecule has 0 amide bonds. The van der Waals surface area contributed by atoms with Crippen molar-refractivity contribution in [1.82, 2.24) is 19.5 Å². The molecule has 11 heteroatoms. The molecule has 2 saturated heterocycles. The highest BCUT2D eigenvalue weighted by atomic mass is 28.3. The van der Waals surface area contributed by atoms with E-state index in [0.717, 1.165) is 22.9 Å². The molecule has 0 unspecified atom stereocenters. The maximum atomic E-state index is 13.9. The standard InChI is InChI=1S/C27H38N6O4Si/c1-20-7-5-6-8-21(20)23(34)26-28-24-22(33(26)19-37-17-18-38(2,3)4)25(31-9-13-35-14-10-31)30-27(29-24)32-11-15-36-16-12-32/h5-8H,9-19H2,1-4H3. The van der Waals surface area contributed by atoms with Gasteiger partial charge >= 0.3 is 0 Å². The summed E-state index contributed by atoms with van der Waals surface area (Å²) in [6.07, 6.45) is 0. The summed E-state index contributed by atoms with van der Waals surface area (Å²) < 4.78 is 19.2. The second kappa shape index (κ2) is 11.5. The van der Waals surface area contributed by atoms with Gasteiger partial charge in [0.2, 0.25) is 11.7 Å². The predicted molar refractivity (Wildman–Crippen MR) is 150 cm³/mol. The first-order valence-corrected chi connectivity index (χ1v) is 17.1. The Morgan fingerprint density at radius 2 is 1.61 bits per heavy atom. The van der Waals surface area contributed by atoms with E-state index in [2.05, 4.69) is 29.4 Å². The topological polar surface area (TPSA) is 94.8 Å². The molecule has 5 rings (SSSR count). The lowest BCUT2D eigenvalue weighted by Gasteiger charge is -2.31. The minimum absolute atomic E-state index is 0.143. The van der Waals surface area contributed by atoms with Gasteiger partial charge in [-0.1, -0.05) is 43.9 Å². The molecule has 1 aromatic carbocycles. The normalized spacial score (nSPS) is 16.8. The minimum Gasteiger partial charge on any atom is -0.378 e. The van der Waals surface area contributed by atoms with Crippen LogP contribution in [-0.4, -0.2) is 92.6 Å². The predicted octanol–water partition coefficient (Wildman–Crippen LogP) is 3.35. The van der Waals surface area contributed by atoms with Crippen LogP contribution in [0.15, 0.2) is 24.3 Å². The van der Waals surface area contributed by atoms with Gasteiger partial charge in [0.05, 0.1) is 26.4 Å². The van der Waals surface area contributed by atoms with Gasteiger partial charge in [0, 0.05) is 46.4 Å². The van der Waals surface area contributed by atoms with Crippen LogP contribution in [0.5, 0.6) is 0 Å². The van der Waals surface area contributed by atoms with Crippen molar-refractivity contribution >= 4 is 36.8 Å². The van der Waals surface area contributed by atoms with Gasteiger partial charge in [-0.05, 0) is 18.5 Å². The number of imidazole rings is 1. The molecule has 2 fully saturated rings. The third kappa shape index (κ3) is 5.90. The molecule has 0 N–H and O–H groups in total. The molecule has 0 radical (unpaired) electrons. The van der Waals surface area contributed by atoms with Gasteiger partial charge < -0.3 is 24.0 Å². The molecule has 0 aliphatic carbocycles. The van der Waals surface area contributed by atoms with E-state index < -0.39 is 8.07 Å². The summed E-state index contributed by atoms with van der Waals surface area (Å²) in [5.41, 5.74) is 2.77. The third-order valence-corrected chi connectivity index (χ3v) is 8.69. The van der Waals surface area contributed by atoms with Crippen molar-refractivity contribution in [2.24, 2.45) is 0 Å². The second-order valence-electron chi connectivity index (χ2n) is 11.1. The first-order chi connectivity index (χ1) is 18.3. The lowest BCUT2D eigenvalue weighted by molar-refractivity contribution is 0.0834. The van der Waals surface area contributed by atoms with Gasteiger partial charge in [0.15, 0.2) is 17.3 Å². The van der Waals surface area contributed by atoms with Crippen LogP contribution in [0.25, 0.3) is 11.2 Å². The highest BCUT2D eigenvalue weighted by Gasteiger charge is 2.28. The van der Waals surface area contributed by atoms with Crippen molar-refractivity contribution in [3.05, 3.63) is 41.2 Å². The maximum absolute atomic E-state index is 13.9. The van der Waals surface area contributed by atoms with E-state index in [4.69, 9.17) is 29.2 Å². The molecule has 204 valence electrons. The van der Waals surface area contributed by atoms with Crippen molar-refractivity contribution in [2.75, 3.05) is 69.0 Å². The summed E-state index contributed by atoms with van der Waals surface area (Å²) in [4.78, 5) is 33.0. The highest BCUT2D eigenvalue weighted by molar-refractivity contribution is 6.76. The van der Waals surface area contributed by atoms with Crippen molar-refractivity contribution in [3.8, 4) is 0 Å². The summed E-state index contributed by atoms with van der Waals surface area (Å²) in [6, 6.07) is 8.65. The number of ether oxygens (including phenoxy) is 3. The fourth-order valence-corrected chi connectivity index (χ4v) is 5.44. The van der Waals surface area contributed by atoms with Crippen LogP contribution in [0, 0.1) is 6.92 Å². The number of hydrogen-bond acceptors (Lipinski definition) is 9. The number of benzene rings is 1. The molecule has 2 aromatic heterocycles. The number of rotatable bonds is 9. The maximum Gasteiger partial charge on any atom is 0.229 e. The van der Waals surface area contributed by atoms with E-state index in [0.29, 0.717) is 82.2 Å². The number of aromatic nitrogens is 4. The largest absolute Gasteiger partial charge is 0.378 e. The lowest BCUT2D eigenvalue weighted by atomic mass is 10.0. The van der Waals surface area contributed by atoms with E-state index in [1.165, 1.54) is 0 Å². The number of nitrogens with zero attached hydrogens (tertiary/aromatic N) is 6. The summed E-state index contributed by atoms with van der Waals surface area (Å²) in [5, 5.41) is 0. The fourth-order valence-electron chi connectivity index (χ4n) is 4.69. The quantitative estimate of drug-likeness (QED) is 0.231. The monoisotopic (exact) mass is 538 g/mol. The van der Waals surface area contributed by atoms with Crippen LogP contribution in [0.1, 0.15) is 21.7 Å². The Morgan fingerprint density at radius 3 is 2.26 bits per heavy atom. The number of aryl methyl sites for hydroxylation is 1. The summed E-state index contributed by atoms with van der Waals surface area (Å²) in [7, 11) is -1.27. The number of carbonyl (C=O) groups excluding carboxylic acids is 1. The molecule has 0 spiro atoms. The Morgan fingerprint density at radius 1 is 0.947 bits per heavy atom. The number of carbonyl (C=O) groups is 1. The van der Waals surface area contributed by atoms with Crippen molar-refractivity contribution in [3.63, 3.8) is 0 Å². The Hall–Kier alpha value is -2.86. The van der Waals surface area contributed by atoms with Crippen molar-refractivity contribution < 1.29 is 19.0 Å². The second-order valence-corrected chi connectivity index (χ2v) is 16.7. The Bertz CT molecular complexity index is 1280. The van der Waals surface area contributed by atoms with Gasteiger partial charge in [-0.15, -0.1) is 0 Å². The molecule has 3 aromatic rings. The number of morpholine rings is 2. The zero-order valence-corrected chi connectivity index (χ0v) is 23.9. The molecule has 0 bridgehead atoms. The van der Waals surface area contributed by atoms with Gasteiger partial charge in [-0.3, -0.25) is 9.36 Å². The molecule has 2 aliphatic heterocycles. The molecular formula is C27H38N6O4Si. The third-order valence-electron chi connectivity index (χ3n) is 6.99. The average molecular weight is 539 g/mol. The average Bonchev–Trinajstić information content (AvgIpc) is 3.29. The van der Waals surface area contributed by atoms with E-state index in [1.54, 1.807) is 0 Å². The summed E-state index contributed by atoms with van der Waals surface area (Å²) in [5.74, 6) is 1.56. The minimum atomic E-state index is -1.27. The zero-order chi connectivity index (χ0) is 26.7. The van der Waals surface area contributed by atoms with Crippen LogP contribution in [-0.2, 0) is 20.9 Å². The molecular weight excluding hydrogens is 500 g/mol. The van der Waals surface area contributed by atoms with Crippen LogP contribution < -0.4 is 9.80 Å². The van der Waals surface area contributed by atoms with Crippen LogP contribution >= 0.6 is 0 Å². The summed E-state index contributed by atoms with van der Waals surface area (Å²) in [6.45, 7) is 15.1. The molecule has 38 heavy (non-hydrogen) atoms. The number of ketones is 1. The first-order valence-electron chi connectivity index (χ1n) is 13.4. The van der Waals surface area contributed by atoms with E-state index in [9.17, 15) is 4.79 Å². The van der Waals surface area contributed by atoms with Gasteiger partial charge in [0.25, 0.3) is 0 Å². The number of fused-ring (bicyclic) bond motifs is 1. The Kier molecular flexibility index (Phi) is 8.08. The van der Waals surface area contributed by atoms with Crippen LogP contribution in [0.2, 0.25) is 25.7 Å². The van der Waals surface area contributed by atoms with Crippen LogP contribution in [0.3, 0.4) is 0 Å². The van der Waals surface area contributed by atoms with Gasteiger partial charge in [-0.25, -0.2) is 4.98 Å². The van der Waals surface area contributed by atoms with E-state index >= 15 is 0 Å². The fraction of sp³-hybridized carbons (Fsp3) is 0.556. The Balaban J connectivity index is 1.62. The molecule has 0 saturated carbocycles. The summed E-state index contributed by atoms with van der Waals surface area (Å²) >= 11 is 0. The van der Waals surface area contributed by atoms with Crippen molar-refractivity contribution in [1.29, 1.82) is 0 Å². The SMILES string of the molecule is Cc1ccccc1C(=O)c1nc2nc(N3CCOCC3)nc(N3CCOCC3)c2n1COCC[Si](C)(C)C. The Labute approximate surface area is 224 Å². The molecule has 4 heterocycles. The lowest BCUT2D eigenvalue weighted by Crippen LogP contribution is -2.39. The number of hydrogen-bond donors (Lipinski definition) is 0. The first kappa shape index (κ1) is 26.7. The molecule has 2 aliphatic rings. The molecule has 0 atom stereocenters. The molecule has 10 nitrogen and oxygen atoms in total. The van der Waals surface area contributed by atoms with Crippen molar-refractivity contribution in [2.45, 2.75) is 39.3 Å². The zero-order valence-electron chi connectivity index (χ0n) is 22.9. The highest BCUT2D eigenvalue weighted by Crippen LogP contribution is 2.30. The number of anilines is 2. The van der Waals surface area contributed by atoms with E-state index in [-0.39, 0.29) is 12.5 Å². The van der Waals surface area contributed by atoms with Crippen LogP contribution in [0.4, 0.5) is 11.8 Å². The smallest absolute Gasteiger partial charge is 0.229 e. The van der Waals surface area contributed by atoms with Gasteiger partial charge in [0.1, 0.15) is 12.2 Å². The van der Waals surface area contributed by atoms with Gasteiger partial charge in [-0.2, -0.15) is 9.97 Å².